The molecule has 9 nitrogen and oxygen atoms in total. The Morgan fingerprint density at radius 2 is 1.77 bits per heavy atom. The summed E-state index contributed by atoms with van der Waals surface area (Å²) in [6.45, 7) is 8.18. The van der Waals surface area contributed by atoms with Crippen molar-refractivity contribution in [3.63, 3.8) is 0 Å². The number of allylic oxidation sites excluding steroid dienone is 3. The van der Waals surface area contributed by atoms with Crippen LogP contribution in [-0.4, -0.2) is 17.8 Å². The highest BCUT2D eigenvalue weighted by Gasteiger charge is 2.46. The molecule has 3 aromatic rings. The number of methoxy groups -OCH3 is 1. The molecule has 2 aliphatic rings. The van der Waals surface area contributed by atoms with E-state index < -0.39 is 16.3 Å². The Morgan fingerprint density at radius 3 is 2.42 bits per heavy atom. The first-order valence-corrected chi connectivity index (χ1v) is 14.0. The summed E-state index contributed by atoms with van der Waals surface area (Å²) in [4.78, 5) is 27.1. The monoisotopic (exact) mass is 578 g/mol. The van der Waals surface area contributed by atoms with E-state index in [1.165, 1.54) is 6.07 Å². The van der Waals surface area contributed by atoms with E-state index in [4.69, 9.17) is 15.2 Å². The van der Waals surface area contributed by atoms with Crippen LogP contribution in [0.15, 0.2) is 83.3 Å². The molecule has 0 saturated carbocycles. The fraction of sp³-hybridized carbons (Fsp3) is 0.294. The molecule has 0 bridgehead atoms. The van der Waals surface area contributed by atoms with Crippen molar-refractivity contribution in [2.45, 2.75) is 53.1 Å². The van der Waals surface area contributed by atoms with Gasteiger partial charge in [0.05, 0.1) is 29.6 Å². The predicted molar refractivity (Wildman–Crippen MR) is 163 cm³/mol. The topological polar surface area (TPSA) is 132 Å². The first-order valence-electron chi connectivity index (χ1n) is 14.0. The highest BCUT2D eigenvalue weighted by Crippen LogP contribution is 2.52. The normalized spacial score (nSPS) is 17.8. The van der Waals surface area contributed by atoms with Crippen molar-refractivity contribution in [3.8, 4) is 17.6 Å². The van der Waals surface area contributed by atoms with Gasteiger partial charge in [-0.25, -0.2) is 0 Å². The first kappa shape index (κ1) is 29.4. The number of carbonyl (C=O) groups is 1. The highest BCUT2D eigenvalue weighted by atomic mass is 16.6. The summed E-state index contributed by atoms with van der Waals surface area (Å²) in [5.74, 6) is 0.672. The lowest BCUT2D eigenvalue weighted by molar-refractivity contribution is -0.384. The lowest BCUT2D eigenvalue weighted by Gasteiger charge is -2.43. The molecule has 0 spiro atoms. The summed E-state index contributed by atoms with van der Waals surface area (Å²) >= 11 is 0. The largest absolute Gasteiger partial charge is 0.497 e. The van der Waals surface area contributed by atoms with Crippen LogP contribution in [0.1, 0.15) is 54.9 Å². The molecule has 1 aliphatic heterocycles. The Balaban J connectivity index is 1.67. The van der Waals surface area contributed by atoms with Crippen LogP contribution < -0.4 is 20.1 Å². The number of carbonyl (C=O) groups excluding carboxylic acids is 1. The van der Waals surface area contributed by atoms with Gasteiger partial charge in [0.25, 0.3) is 5.69 Å². The number of nitro groups is 1. The third kappa shape index (κ3) is 5.44. The van der Waals surface area contributed by atoms with Gasteiger partial charge in [-0.2, -0.15) is 5.26 Å². The van der Waals surface area contributed by atoms with E-state index in [-0.39, 0.29) is 41.6 Å². The Labute approximate surface area is 251 Å². The van der Waals surface area contributed by atoms with E-state index in [9.17, 15) is 20.2 Å². The number of ketones is 1. The number of anilines is 1. The van der Waals surface area contributed by atoms with Crippen molar-refractivity contribution in [1.29, 1.82) is 5.26 Å². The second kappa shape index (κ2) is 11.3. The van der Waals surface area contributed by atoms with Crippen LogP contribution in [-0.2, 0) is 11.4 Å². The van der Waals surface area contributed by atoms with Crippen molar-refractivity contribution in [2.75, 3.05) is 12.0 Å². The highest BCUT2D eigenvalue weighted by molar-refractivity contribution is 6.02. The second-order valence-electron chi connectivity index (χ2n) is 11.8. The summed E-state index contributed by atoms with van der Waals surface area (Å²) in [6.07, 6.45) is 0.734. The van der Waals surface area contributed by atoms with Crippen molar-refractivity contribution in [3.05, 3.63) is 116 Å². The zero-order chi connectivity index (χ0) is 31.1. The van der Waals surface area contributed by atoms with Gasteiger partial charge < -0.3 is 15.2 Å². The van der Waals surface area contributed by atoms with Crippen molar-refractivity contribution in [2.24, 2.45) is 11.1 Å². The smallest absolute Gasteiger partial charge is 0.293 e. The van der Waals surface area contributed by atoms with E-state index in [1.54, 1.807) is 30.2 Å². The third-order valence-electron chi connectivity index (χ3n) is 8.16. The van der Waals surface area contributed by atoms with Gasteiger partial charge in [-0.05, 0) is 72.7 Å². The molecule has 43 heavy (non-hydrogen) atoms. The number of ether oxygens (including phenoxy) is 2. The van der Waals surface area contributed by atoms with E-state index in [0.717, 1.165) is 28.0 Å². The maximum Gasteiger partial charge on any atom is 0.293 e. The molecule has 0 radical (unpaired) electrons. The molecule has 220 valence electrons. The van der Waals surface area contributed by atoms with Gasteiger partial charge >= 0.3 is 0 Å². The van der Waals surface area contributed by atoms with Gasteiger partial charge in [0, 0.05) is 23.8 Å². The molecular weight excluding hydrogens is 544 g/mol. The van der Waals surface area contributed by atoms with Crippen LogP contribution in [0.25, 0.3) is 0 Å². The second-order valence-corrected chi connectivity index (χ2v) is 11.8. The lowest BCUT2D eigenvalue weighted by Crippen LogP contribution is -2.42. The summed E-state index contributed by atoms with van der Waals surface area (Å²) in [5, 5.41) is 22.6. The Hall–Kier alpha value is -5.10. The minimum absolute atomic E-state index is 0.0861. The Morgan fingerprint density at radius 1 is 1.09 bits per heavy atom. The number of rotatable bonds is 7. The molecule has 9 heteroatoms. The number of hydrogen-bond acceptors (Lipinski definition) is 8. The average molecular weight is 579 g/mol. The number of nitrogens with two attached hydrogens (primary N) is 1. The van der Waals surface area contributed by atoms with Crippen LogP contribution in [0, 0.1) is 40.7 Å². The third-order valence-corrected chi connectivity index (χ3v) is 8.16. The molecule has 5 rings (SSSR count). The van der Waals surface area contributed by atoms with Crippen LogP contribution >= 0.6 is 0 Å². The molecule has 0 aromatic heterocycles. The molecule has 1 heterocycles. The molecule has 0 fully saturated rings. The maximum absolute atomic E-state index is 14.0. The first-order chi connectivity index (χ1) is 20.5. The standard InChI is InChI=1S/C34H34N4O5/c1-20-14-22(19-43-24-12-10-23(42-5)11-13-24)21(2)25(15-20)31-26(18-35)33(36)37(27-8-6-7-9-28(27)38(40)41)29-16-34(3,4)17-30(39)32(29)31/h6-15,31H,16-17,19,36H2,1-5H3. The maximum atomic E-state index is 14.0. The molecule has 1 aliphatic carbocycles. The lowest BCUT2D eigenvalue weighted by atomic mass is 9.68. The number of hydrogen-bond donors (Lipinski definition) is 1. The molecule has 2 N–H and O–H groups in total. The van der Waals surface area contributed by atoms with E-state index in [0.29, 0.717) is 23.4 Å². The zero-order valence-electron chi connectivity index (χ0n) is 24.9. The molecule has 1 unspecified atom stereocenters. The summed E-state index contributed by atoms with van der Waals surface area (Å²) in [5.41, 5.74) is 11.2. The van der Waals surface area contributed by atoms with E-state index in [1.807, 2.05) is 64.1 Å². The van der Waals surface area contributed by atoms with Gasteiger partial charge in [-0.15, -0.1) is 0 Å². The van der Waals surface area contributed by atoms with E-state index >= 15 is 0 Å². The zero-order valence-corrected chi connectivity index (χ0v) is 24.9. The van der Waals surface area contributed by atoms with Crippen LogP contribution in [0.4, 0.5) is 11.4 Å². The number of nitrogens with zero attached hydrogens (tertiary/aromatic N) is 3. The number of benzene rings is 3. The van der Waals surface area contributed by atoms with Gasteiger partial charge in [0.1, 0.15) is 29.6 Å². The SMILES string of the molecule is COc1ccc(OCc2cc(C)cc(C3C(C#N)=C(N)N(c4ccccc4[N+](=O)[O-])C4=C3C(=O)CC(C)(C)C4)c2C)cc1. The number of nitro benzene ring substituents is 1. The molecule has 1 atom stereocenters. The summed E-state index contributed by atoms with van der Waals surface area (Å²) in [7, 11) is 1.61. The Bertz CT molecular complexity index is 1730. The van der Waals surface area contributed by atoms with Crippen molar-refractivity contribution in [1.82, 2.24) is 0 Å². The minimum Gasteiger partial charge on any atom is -0.497 e. The van der Waals surface area contributed by atoms with Gasteiger partial charge in [-0.3, -0.25) is 19.8 Å². The molecular formula is C34H34N4O5. The number of aryl methyl sites for hydroxylation is 1. The average Bonchev–Trinajstić information content (AvgIpc) is 2.96. The van der Waals surface area contributed by atoms with Crippen molar-refractivity contribution >= 4 is 17.2 Å². The van der Waals surface area contributed by atoms with Gasteiger partial charge in [-0.1, -0.05) is 43.7 Å². The number of Topliss-reactive ketones (excluding diaryl/α,β-unsaturated/α-hetero) is 1. The summed E-state index contributed by atoms with van der Waals surface area (Å²) in [6, 6.07) is 19.9. The molecule has 0 amide bonds. The van der Waals surface area contributed by atoms with Crippen LogP contribution in [0.3, 0.4) is 0 Å². The quantitative estimate of drug-likeness (QED) is 0.241. The van der Waals surface area contributed by atoms with Gasteiger partial charge in [0.15, 0.2) is 5.78 Å². The fourth-order valence-corrected chi connectivity index (χ4v) is 6.15. The molecule has 0 saturated heterocycles. The fourth-order valence-electron chi connectivity index (χ4n) is 6.15. The predicted octanol–water partition coefficient (Wildman–Crippen LogP) is 6.74. The van der Waals surface area contributed by atoms with Crippen molar-refractivity contribution < 1.29 is 19.2 Å². The number of nitriles is 1. The van der Waals surface area contributed by atoms with Crippen LogP contribution in [0.5, 0.6) is 11.5 Å². The molecule has 3 aromatic carbocycles. The van der Waals surface area contributed by atoms with E-state index in [2.05, 4.69) is 6.07 Å². The van der Waals surface area contributed by atoms with Crippen LogP contribution in [0.2, 0.25) is 0 Å². The minimum atomic E-state index is -0.720. The van der Waals surface area contributed by atoms with Gasteiger partial charge in [0.2, 0.25) is 0 Å². The number of para-hydroxylation sites is 2. The summed E-state index contributed by atoms with van der Waals surface area (Å²) < 4.78 is 11.3. The Kier molecular flexibility index (Phi) is 7.72.